The van der Waals surface area contributed by atoms with Crippen LogP contribution in [0.5, 0.6) is 0 Å². The fraction of sp³-hybridized carbons (Fsp3) is 0.0400. The first-order valence-electron chi connectivity index (χ1n) is 9.57. The zero-order valence-corrected chi connectivity index (χ0v) is 20.2. The van der Waals surface area contributed by atoms with Gasteiger partial charge < -0.3 is 0 Å². The Kier molecular flexibility index (Phi) is 7.90. The van der Waals surface area contributed by atoms with Crippen LogP contribution in [0.25, 0.3) is 0 Å². The molecule has 0 saturated heterocycles. The molecular formula is C25H22ClO4Sb. The fourth-order valence-electron chi connectivity index (χ4n) is 3.76. The summed E-state index contributed by atoms with van der Waals surface area (Å²) < 4.78 is 39.9. The molecule has 0 aliphatic rings. The Balaban J connectivity index is 0.000000491. The van der Waals surface area contributed by atoms with Gasteiger partial charge in [0.2, 0.25) is 0 Å². The number of halogens is 1. The van der Waals surface area contributed by atoms with E-state index in [-0.39, 0.29) is 0 Å². The second-order valence-electron chi connectivity index (χ2n) is 6.84. The normalized spacial score (nSPS) is 11.4. The summed E-state index contributed by atoms with van der Waals surface area (Å²) in [7, 11) is -4.94. The Bertz CT molecular complexity index is 982. The van der Waals surface area contributed by atoms with E-state index in [4.69, 9.17) is 18.6 Å². The molecule has 4 rings (SSSR count). The van der Waals surface area contributed by atoms with Crippen LogP contribution in [0.4, 0.5) is 0 Å². The monoisotopic (exact) mass is 542 g/mol. The average Bonchev–Trinajstić information content (AvgIpc) is 2.77. The van der Waals surface area contributed by atoms with Crippen LogP contribution < -0.4 is 32.7 Å². The summed E-state index contributed by atoms with van der Waals surface area (Å²) >= 11 is -3.23. The van der Waals surface area contributed by atoms with Gasteiger partial charge in [0.1, 0.15) is 0 Å². The van der Waals surface area contributed by atoms with Crippen molar-refractivity contribution in [3.63, 3.8) is 0 Å². The summed E-state index contributed by atoms with van der Waals surface area (Å²) in [5, 5.41) is 0. The molecular weight excluding hydrogens is 521 g/mol. The van der Waals surface area contributed by atoms with Gasteiger partial charge in [0, 0.05) is 0 Å². The van der Waals surface area contributed by atoms with Crippen LogP contribution in [0.15, 0.2) is 115 Å². The molecule has 0 radical (unpaired) electrons. The number of benzene rings is 4. The van der Waals surface area contributed by atoms with Gasteiger partial charge >= 0.3 is 161 Å². The number of rotatable bonds is 4. The predicted octanol–water partition coefficient (Wildman–Crippen LogP) is -1.38. The molecule has 4 nitrogen and oxygen atoms in total. The molecule has 4 aromatic carbocycles. The summed E-state index contributed by atoms with van der Waals surface area (Å²) in [6, 6.07) is 42.4. The molecule has 0 fully saturated rings. The number of aryl methyl sites for hydroxylation is 1. The minimum Gasteiger partial charge on any atom is -0.222 e. The van der Waals surface area contributed by atoms with Crippen LogP contribution in [0.1, 0.15) is 5.56 Å². The zero-order chi connectivity index (χ0) is 22.3. The third-order valence-corrected chi connectivity index (χ3v) is 17.6. The van der Waals surface area contributed by atoms with Crippen molar-refractivity contribution in [1.82, 2.24) is 0 Å². The average molecular weight is 544 g/mol. The van der Waals surface area contributed by atoms with Gasteiger partial charge in [-0.3, -0.25) is 0 Å². The van der Waals surface area contributed by atoms with Gasteiger partial charge in [0.05, 0.1) is 0 Å². The van der Waals surface area contributed by atoms with E-state index in [2.05, 4.69) is 122 Å². The predicted molar refractivity (Wildman–Crippen MR) is 115 cm³/mol. The van der Waals surface area contributed by atoms with Crippen LogP contribution in [0, 0.1) is 17.2 Å². The summed E-state index contributed by atoms with van der Waals surface area (Å²) in [6.45, 7) is 2.26. The molecule has 0 amide bonds. The Morgan fingerprint density at radius 1 is 0.484 bits per heavy atom. The molecule has 6 heteroatoms. The van der Waals surface area contributed by atoms with E-state index >= 15 is 0 Å². The third-order valence-electron chi connectivity index (χ3n) is 4.91. The molecule has 0 spiro atoms. The van der Waals surface area contributed by atoms with Crippen molar-refractivity contribution in [2.45, 2.75) is 6.92 Å². The van der Waals surface area contributed by atoms with Crippen LogP contribution in [-0.4, -0.2) is 18.8 Å². The largest absolute Gasteiger partial charge is 0.222 e. The Morgan fingerprint density at radius 3 is 1.10 bits per heavy atom. The summed E-state index contributed by atoms with van der Waals surface area (Å²) in [5.41, 5.74) is 1.38. The van der Waals surface area contributed by atoms with Crippen LogP contribution in [-0.2, 0) is 0 Å². The quantitative estimate of drug-likeness (QED) is 0.297. The van der Waals surface area contributed by atoms with Crippen molar-refractivity contribution in [3.05, 3.63) is 121 Å². The maximum atomic E-state index is 8.49. The first-order valence-corrected chi connectivity index (χ1v) is 15.9. The van der Waals surface area contributed by atoms with Gasteiger partial charge in [-0.05, 0) is 0 Å². The maximum absolute atomic E-state index is 8.49. The molecule has 0 saturated carbocycles. The summed E-state index contributed by atoms with van der Waals surface area (Å²) in [6.07, 6.45) is 0. The van der Waals surface area contributed by atoms with Crippen molar-refractivity contribution in [3.8, 4) is 0 Å². The van der Waals surface area contributed by atoms with E-state index < -0.39 is 29.0 Å². The smallest absolute Gasteiger partial charge is 0.112 e. The molecule has 0 atom stereocenters. The number of hydrogen-bond acceptors (Lipinski definition) is 4. The van der Waals surface area contributed by atoms with E-state index in [1.165, 1.54) is 19.6 Å². The molecule has 0 bridgehead atoms. The van der Waals surface area contributed by atoms with Gasteiger partial charge in [-0.25, -0.2) is 18.6 Å². The molecule has 158 valence electrons. The summed E-state index contributed by atoms with van der Waals surface area (Å²) in [4.78, 5) is 0. The minimum atomic E-state index is -4.94. The molecule has 0 heterocycles. The van der Waals surface area contributed by atoms with Crippen molar-refractivity contribution < 1.29 is 28.9 Å². The Hall–Kier alpha value is -2.17. The first kappa shape index (κ1) is 23.5. The van der Waals surface area contributed by atoms with Gasteiger partial charge in [0.15, 0.2) is 0 Å². The second kappa shape index (κ2) is 10.4. The second-order valence-corrected chi connectivity index (χ2v) is 17.2. The topological polar surface area (TPSA) is 92.2 Å². The standard InChI is InChI=1S/C7H7.3C6H5.ClHO4.Sb/c1-7-5-3-2-4-6-7;3*1-2-4-6-5-3-1;2-1(3,4)5;/h2-5H,1H3;3*1-5H;(H,2,3,4,5);/q;;;;;+1/p-1. The van der Waals surface area contributed by atoms with E-state index in [1.807, 2.05) is 0 Å². The van der Waals surface area contributed by atoms with Gasteiger partial charge in [-0.15, -0.1) is 10.2 Å². The SMILES string of the molecule is Cc1cccc[c]1[Sb+]([c]1ccccc1)([c]1ccccc1)[c]1ccccc1.[O-][Cl+3]([O-])([O-])[O-]. The first-order chi connectivity index (χ1) is 14.8. The Labute approximate surface area is 188 Å². The van der Waals surface area contributed by atoms with E-state index in [0.717, 1.165) is 0 Å². The molecule has 0 aromatic heterocycles. The molecule has 0 aliphatic carbocycles. The third kappa shape index (κ3) is 5.75. The molecule has 0 unspecified atom stereocenters. The van der Waals surface area contributed by atoms with Crippen molar-refractivity contribution in [2.24, 2.45) is 0 Å². The maximum Gasteiger partial charge on any atom is -0.112 e. The van der Waals surface area contributed by atoms with E-state index in [0.29, 0.717) is 0 Å². The molecule has 0 N–H and O–H groups in total. The van der Waals surface area contributed by atoms with Gasteiger partial charge in [-0.1, -0.05) is 0 Å². The Morgan fingerprint density at radius 2 is 0.774 bits per heavy atom. The van der Waals surface area contributed by atoms with E-state index in [1.54, 1.807) is 0 Å². The van der Waals surface area contributed by atoms with E-state index in [9.17, 15) is 0 Å². The summed E-state index contributed by atoms with van der Waals surface area (Å²) in [5.74, 6) is 0. The minimum absolute atomic E-state index is 1.38. The van der Waals surface area contributed by atoms with Crippen molar-refractivity contribution in [1.29, 1.82) is 0 Å². The van der Waals surface area contributed by atoms with Crippen molar-refractivity contribution in [2.75, 3.05) is 0 Å². The fourth-order valence-corrected chi connectivity index (χ4v) is 16.6. The van der Waals surface area contributed by atoms with Gasteiger partial charge in [0.25, 0.3) is 0 Å². The molecule has 0 aliphatic heterocycles. The molecule has 31 heavy (non-hydrogen) atoms. The van der Waals surface area contributed by atoms with Gasteiger partial charge in [-0.2, -0.15) is 0 Å². The van der Waals surface area contributed by atoms with Crippen LogP contribution in [0.2, 0.25) is 0 Å². The number of hydrogen-bond donors (Lipinski definition) is 0. The van der Waals surface area contributed by atoms with Crippen molar-refractivity contribution >= 4 is 32.8 Å². The molecule has 4 aromatic rings. The van der Waals surface area contributed by atoms with Crippen LogP contribution >= 0.6 is 0 Å². The van der Waals surface area contributed by atoms with Crippen LogP contribution in [0.3, 0.4) is 0 Å². The zero-order valence-electron chi connectivity index (χ0n) is 16.9.